The molecule has 3 aliphatic rings. The maximum atomic E-state index is 14.3. The minimum Gasteiger partial charge on any atom is -0.492 e. The number of nitrogens with one attached hydrogen (secondary N) is 4. The highest BCUT2D eigenvalue weighted by Gasteiger charge is 2.34. The first-order valence-corrected chi connectivity index (χ1v) is 10.2. The molecule has 1 saturated heterocycles. The quantitative estimate of drug-likeness (QED) is 0.652. The topological polar surface area (TPSA) is 57.3 Å². The molecule has 3 aliphatic heterocycles. The van der Waals surface area contributed by atoms with Crippen LogP contribution < -0.4 is 26.0 Å². The van der Waals surface area contributed by atoms with Gasteiger partial charge in [0, 0.05) is 41.9 Å². The first-order valence-electron chi connectivity index (χ1n) is 10.2. The van der Waals surface area contributed by atoms with Crippen LogP contribution in [0.5, 0.6) is 5.75 Å². The molecule has 0 aliphatic carbocycles. The van der Waals surface area contributed by atoms with E-state index < -0.39 is 6.17 Å². The monoisotopic (exact) mass is 374 g/mol. The summed E-state index contributed by atoms with van der Waals surface area (Å²) in [6, 6.07) is 4.10. The standard InChI is InChI=1S/C21H31FN4O/c1-13-20(22)18(23-2)12-19(25-13)26-16-10-15-6-9-27-21(15)17(11-16)14-4-3-7-24-8-5-14/h5,10-11,13,18-20,23-26H,3-4,6-9,12H2,1-2H3. The van der Waals surface area contributed by atoms with Crippen molar-refractivity contribution in [2.24, 2.45) is 0 Å². The van der Waals surface area contributed by atoms with Crippen LogP contribution in [0.15, 0.2) is 18.2 Å². The second kappa shape index (κ2) is 8.17. The molecule has 0 bridgehead atoms. The van der Waals surface area contributed by atoms with Gasteiger partial charge in [-0.1, -0.05) is 6.08 Å². The van der Waals surface area contributed by atoms with Gasteiger partial charge >= 0.3 is 0 Å². The van der Waals surface area contributed by atoms with Gasteiger partial charge < -0.3 is 20.7 Å². The third kappa shape index (κ3) is 3.98. The summed E-state index contributed by atoms with van der Waals surface area (Å²) in [5.41, 5.74) is 4.94. The Balaban J connectivity index is 1.58. The van der Waals surface area contributed by atoms with E-state index in [1.807, 2.05) is 14.0 Å². The Labute approximate surface area is 161 Å². The van der Waals surface area contributed by atoms with Gasteiger partial charge in [-0.3, -0.25) is 5.32 Å². The number of ether oxygens (including phenoxy) is 1. The Morgan fingerprint density at radius 2 is 2.15 bits per heavy atom. The van der Waals surface area contributed by atoms with Crippen molar-refractivity contribution >= 4 is 11.3 Å². The van der Waals surface area contributed by atoms with Crippen molar-refractivity contribution in [3.63, 3.8) is 0 Å². The number of piperidine rings is 1. The number of anilines is 1. The number of benzene rings is 1. The highest BCUT2D eigenvalue weighted by atomic mass is 19.1. The lowest BCUT2D eigenvalue weighted by Crippen LogP contribution is -2.59. The molecule has 0 aromatic heterocycles. The zero-order valence-corrected chi connectivity index (χ0v) is 16.3. The van der Waals surface area contributed by atoms with Crippen LogP contribution >= 0.6 is 0 Å². The molecule has 4 unspecified atom stereocenters. The van der Waals surface area contributed by atoms with E-state index in [-0.39, 0.29) is 18.2 Å². The number of fused-ring (bicyclic) bond motifs is 1. The van der Waals surface area contributed by atoms with E-state index in [2.05, 4.69) is 39.5 Å². The van der Waals surface area contributed by atoms with Crippen LogP contribution in [0.25, 0.3) is 5.57 Å². The van der Waals surface area contributed by atoms with Crippen molar-refractivity contribution in [2.75, 3.05) is 32.1 Å². The highest BCUT2D eigenvalue weighted by Crippen LogP contribution is 2.39. The van der Waals surface area contributed by atoms with Crippen LogP contribution in [-0.4, -0.2) is 51.2 Å². The summed E-state index contributed by atoms with van der Waals surface area (Å²) in [5.74, 6) is 1.05. The predicted octanol–water partition coefficient (Wildman–Crippen LogP) is 2.43. The average Bonchev–Trinajstić information content (AvgIpc) is 2.96. The van der Waals surface area contributed by atoms with E-state index in [1.54, 1.807) is 0 Å². The van der Waals surface area contributed by atoms with E-state index in [0.29, 0.717) is 6.42 Å². The van der Waals surface area contributed by atoms with Gasteiger partial charge in [0.2, 0.25) is 0 Å². The number of allylic oxidation sites excluding steroid dienone is 1. The maximum absolute atomic E-state index is 14.3. The Morgan fingerprint density at radius 3 is 3.00 bits per heavy atom. The summed E-state index contributed by atoms with van der Waals surface area (Å²) < 4.78 is 20.3. The lowest BCUT2D eigenvalue weighted by Gasteiger charge is -2.38. The molecule has 3 heterocycles. The van der Waals surface area contributed by atoms with Crippen molar-refractivity contribution in [1.82, 2.24) is 16.0 Å². The lowest BCUT2D eigenvalue weighted by molar-refractivity contribution is 0.143. The van der Waals surface area contributed by atoms with Crippen LogP contribution in [-0.2, 0) is 6.42 Å². The van der Waals surface area contributed by atoms with Gasteiger partial charge in [-0.05, 0) is 57.5 Å². The molecule has 6 heteroatoms. The summed E-state index contributed by atoms with van der Waals surface area (Å²) in [5, 5.41) is 13.5. The summed E-state index contributed by atoms with van der Waals surface area (Å²) >= 11 is 0. The van der Waals surface area contributed by atoms with E-state index in [4.69, 9.17) is 4.74 Å². The molecule has 4 atom stereocenters. The van der Waals surface area contributed by atoms with Crippen LogP contribution in [0.2, 0.25) is 0 Å². The summed E-state index contributed by atoms with van der Waals surface area (Å²) in [4.78, 5) is 0. The zero-order valence-electron chi connectivity index (χ0n) is 16.3. The molecule has 0 spiro atoms. The molecule has 0 radical (unpaired) electrons. The zero-order chi connectivity index (χ0) is 18.8. The van der Waals surface area contributed by atoms with Gasteiger partial charge in [-0.2, -0.15) is 0 Å². The van der Waals surface area contributed by atoms with Crippen molar-refractivity contribution < 1.29 is 9.13 Å². The molecule has 1 aromatic rings. The first kappa shape index (κ1) is 18.7. The minimum absolute atomic E-state index is 0.0439. The molecule has 0 amide bonds. The number of hydrogen-bond donors (Lipinski definition) is 4. The number of hydrogen-bond acceptors (Lipinski definition) is 5. The van der Waals surface area contributed by atoms with Crippen LogP contribution in [0, 0.1) is 0 Å². The van der Waals surface area contributed by atoms with Gasteiger partial charge in [0.1, 0.15) is 11.9 Å². The fourth-order valence-electron chi connectivity index (χ4n) is 4.47. The average molecular weight is 375 g/mol. The second-order valence-corrected chi connectivity index (χ2v) is 7.88. The normalized spacial score (nSPS) is 30.9. The molecular formula is C21H31FN4O. The fraction of sp³-hybridized carbons (Fsp3) is 0.619. The Hall–Kier alpha value is -1.63. The minimum atomic E-state index is -0.874. The van der Waals surface area contributed by atoms with E-state index in [0.717, 1.165) is 50.4 Å². The van der Waals surface area contributed by atoms with Crippen LogP contribution in [0.1, 0.15) is 37.3 Å². The Morgan fingerprint density at radius 1 is 1.26 bits per heavy atom. The van der Waals surface area contributed by atoms with E-state index in [9.17, 15) is 4.39 Å². The molecule has 27 heavy (non-hydrogen) atoms. The van der Waals surface area contributed by atoms with E-state index in [1.165, 1.54) is 16.7 Å². The van der Waals surface area contributed by atoms with Crippen LogP contribution in [0.3, 0.4) is 0 Å². The van der Waals surface area contributed by atoms with Crippen molar-refractivity contribution in [3.05, 3.63) is 29.3 Å². The Kier molecular flexibility index (Phi) is 5.66. The van der Waals surface area contributed by atoms with Crippen molar-refractivity contribution in [2.45, 2.75) is 57.0 Å². The fourth-order valence-corrected chi connectivity index (χ4v) is 4.47. The molecule has 5 nitrogen and oxygen atoms in total. The molecule has 1 aromatic carbocycles. The van der Waals surface area contributed by atoms with Gasteiger partial charge in [0.15, 0.2) is 0 Å². The molecule has 4 rings (SSSR count). The number of rotatable bonds is 4. The predicted molar refractivity (Wildman–Crippen MR) is 108 cm³/mol. The first-order chi connectivity index (χ1) is 13.2. The highest BCUT2D eigenvalue weighted by molar-refractivity contribution is 5.76. The molecular weight excluding hydrogens is 343 g/mol. The summed E-state index contributed by atoms with van der Waals surface area (Å²) in [6.07, 6.45) is 5.32. The van der Waals surface area contributed by atoms with Gasteiger partial charge in [-0.25, -0.2) is 4.39 Å². The number of halogens is 1. The maximum Gasteiger partial charge on any atom is 0.130 e. The van der Waals surface area contributed by atoms with Gasteiger partial charge in [0.25, 0.3) is 0 Å². The lowest BCUT2D eigenvalue weighted by atomic mass is 9.95. The summed E-state index contributed by atoms with van der Waals surface area (Å²) in [7, 11) is 1.84. The number of alkyl halides is 1. The van der Waals surface area contributed by atoms with Crippen molar-refractivity contribution in [1.29, 1.82) is 0 Å². The largest absolute Gasteiger partial charge is 0.492 e. The third-order valence-corrected chi connectivity index (χ3v) is 5.95. The van der Waals surface area contributed by atoms with E-state index >= 15 is 0 Å². The van der Waals surface area contributed by atoms with Crippen molar-refractivity contribution in [3.8, 4) is 5.75 Å². The smallest absolute Gasteiger partial charge is 0.130 e. The third-order valence-electron chi connectivity index (χ3n) is 5.95. The molecule has 1 fully saturated rings. The molecule has 148 valence electrons. The summed E-state index contributed by atoms with van der Waals surface area (Å²) in [6.45, 7) is 4.63. The molecule has 4 N–H and O–H groups in total. The Bertz CT molecular complexity index is 708. The second-order valence-electron chi connectivity index (χ2n) is 7.88. The van der Waals surface area contributed by atoms with Gasteiger partial charge in [0.05, 0.1) is 12.8 Å². The molecule has 0 saturated carbocycles. The van der Waals surface area contributed by atoms with Crippen LogP contribution in [0.4, 0.5) is 10.1 Å². The SMILES string of the molecule is CNC1CC(Nc2cc3c(c(C4=CCNCCC4)c2)OCC3)NC(C)C1F. The van der Waals surface area contributed by atoms with Gasteiger partial charge in [-0.15, -0.1) is 0 Å².